The van der Waals surface area contributed by atoms with E-state index in [0.717, 1.165) is 0 Å². The van der Waals surface area contributed by atoms with Crippen molar-refractivity contribution in [2.45, 2.75) is 57.3 Å². The highest BCUT2D eigenvalue weighted by atomic mass is 16.4. The lowest BCUT2D eigenvalue weighted by molar-refractivity contribution is -0.142. The fourth-order valence-electron chi connectivity index (χ4n) is 2.12. The topological polar surface area (TPSA) is 258 Å². The number of aliphatic imine (C=N–C) groups is 1. The Bertz CT molecular complexity index is 679. The van der Waals surface area contributed by atoms with Gasteiger partial charge in [0.2, 0.25) is 23.6 Å². The van der Waals surface area contributed by atoms with Crippen LogP contribution in [-0.2, 0) is 24.0 Å². The number of aliphatic carboxylic acids is 1. The Hall–Kier alpha value is -3.42. The van der Waals surface area contributed by atoms with Crippen LogP contribution in [0.3, 0.4) is 0 Å². The molecule has 0 fully saturated rings. The van der Waals surface area contributed by atoms with Crippen molar-refractivity contribution in [3.63, 3.8) is 0 Å². The standard InChI is InChI=1S/C16H30N8O6/c1-7(22-13(27)9(17)4-3-5-21-16(19)20)12(26)24-10(6-11(18)25)14(28)23-8(2)15(29)30/h7-10H,3-6,17H2,1-2H3,(H2,18,25)(H,22,27)(H,23,28)(H,24,26)(H,29,30)(H4,19,20,21). The van der Waals surface area contributed by atoms with E-state index in [-0.39, 0.29) is 18.9 Å². The molecule has 0 saturated carbocycles. The lowest BCUT2D eigenvalue weighted by Crippen LogP contribution is -2.56. The molecule has 0 aliphatic rings. The highest BCUT2D eigenvalue weighted by Gasteiger charge is 2.28. The predicted molar refractivity (Wildman–Crippen MR) is 106 cm³/mol. The van der Waals surface area contributed by atoms with Gasteiger partial charge >= 0.3 is 5.97 Å². The number of amides is 4. The lowest BCUT2D eigenvalue weighted by atomic mass is 10.1. The van der Waals surface area contributed by atoms with Gasteiger partial charge < -0.3 is 44.0 Å². The van der Waals surface area contributed by atoms with Crippen LogP contribution in [-0.4, -0.2) is 71.4 Å². The maximum Gasteiger partial charge on any atom is 0.325 e. The molecule has 170 valence electrons. The fourth-order valence-corrected chi connectivity index (χ4v) is 2.12. The highest BCUT2D eigenvalue weighted by Crippen LogP contribution is 1.99. The van der Waals surface area contributed by atoms with Gasteiger partial charge in [0.1, 0.15) is 18.1 Å². The van der Waals surface area contributed by atoms with Crippen LogP contribution in [0.4, 0.5) is 0 Å². The summed E-state index contributed by atoms with van der Waals surface area (Å²) in [6, 6.07) is -4.68. The van der Waals surface area contributed by atoms with Crippen molar-refractivity contribution in [3.05, 3.63) is 0 Å². The molecule has 0 bridgehead atoms. The van der Waals surface area contributed by atoms with E-state index in [4.69, 9.17) is 28.0 Å². The summed E-state index contributed by atoms with van der Waals surface area (Å²) < 4.78 is 0. The number of carbonyl (C=O) groups excluding carboxylic acids is 4. The number of nitrogens with two attached hydrogens (primary N) is 4. The first kappa shape index (κ1) is 26.6. The van der Waals surface area contributed by atoms with E-state index in [1.807, 2.05) is 0 Å². The van der Waals surface area contributed by atoms with Gasteiger partial charge in [0.25, 0.3) is 0 Å². The van der Waals surface area contributed by atoms with Crippen molar-refractivity contribution in [1.29, 1.82) is 0 Å². The van der Waals surface area contributed by atoms with Crippen LogP contribution in [0.1, 0.15) is 33.1 Å². The number of carboxylic acids is 1. The second-order valence-electron chi connectivity index (χ2n) is 6.59. The molecule has 0 aliphatic carbocycles. The van der Waals surface area contributed by atoms with Crippen molar-refractivity contribution in [2.75, 3.05) is 6.54 Å². The molecule has 0 aromatic carbocycles. The molecular formula is C16H30N8O6. The molecule has 4 unspecified atom stereocenters. The summed E-state index contributed by atoms with van der Waals surface area (Å²) >= 11 is 0. The van der Waals surface area contributed by atoms with Gasteiger partial charge in [0, 0.05) is 6.54 Å². The van der Waals surface area contributed by atoms with Crippen LogP contribution in [0.2, 0.25) is 0 Å². The summed E-state index contributed by atoms with van der Waals surface area (Å²) in [6.07, 6.45) is 0.140. The van der Waals surface area contributed by atoms with Gasteiger partial charge in [-0.15, -0.1) is 0 Å². The Morgan fingerprint density at radius 1 is 0.900 bits per heavy atom. The zero-order valence-corrected chi connectivity index (χ0v) is 16.9. The first-order chi connectivity index (χ1) is 13.8. The van der Waals surface area contributed by atoms with E-state index in [0.29, 0.717) is 6.42 Å². The third-order valence-electron chi connectivity index (χ3n) is 3.82. The number of carboxylic acid groups (broad SMARTS) is 1. The average molecular weight is 430 g/mol. The molecule has 0 rings (SSSR count). The monoisotopic (exact) mass is 430 g/mol. The SMILES string of the molecule is CC(NC(=O)C(CC(N)=O)NC(=O)C(C)NC(=O)C(N)CCCN=C(N)N)C(=O)O. The quantitative estimate of drug-likeness (QED) is 0.0799. The number of nitrogens with zero attached hydrogens (tertiary/aromatic N) is 1. The number of rotatable bonds is 13. The minimum Gasteiger partial charge on any atom is -0.480 e. The minimum absolute atomic E-state index is 0.0781. The normalized spacial score (nSPS) is 14.4. The van der Waals surface area contributed by atoms with Crippen LogP contribution < -0.4 is 38.9 Å². The number of hydrogen-bond donors (Lipinski definition) is 8. The molecule has 4 atom stereocenters. The number of nitrogens with one attached hydrogen (secondary N) is 3. The van der Waals surface area contributed by atoms with Crippen LogP contribution in [0.15, 0.2) is 4.99 Å². The molecule has 0 heterocycles. The zero-order chi connectivity index (χ0) is 23.4. The van der Waals surface area contributed by atoms with Gasteiger partial charge in [-0.1, -0.05) is 0 Å². The second-order valence-corrected chi connectivity index (χ2v) is 6.59. The largest absolute Gasteiger partial charge is 0.480 e. The third-order valence-corrected chi connectivity index (χ3v) is 3.82. The van der Waals surface area contributed by atoms with Crippen LogP contribution in [0, 0.1) is 0 Å². The fraction of sp³-hybridized carbons (Fsp3) is 0.625. The van der Waals surface area contributed by atoms with E-state index < -0.39 is 60.2 Å². The summed E-state index contributed by atoms with van der Waals surface area (Å²) in [5, 5.41) is 15.6. The van der Waals surface area contributed by atoms with Gasteiger partial charge in [-0.05, 0) is 26.7 Å². The Morgan fingerprint density at radius 3 is 1.97 bits per heavy atom. The molecule has 4 amide bonds. The Balaban J connectivity index is 4.80. The highest BCUT2D eigenvalue weighted by molar-refractivity contribution is 5.95. The third kappa shape index (κ3) is 10.8. The molecule has 0 aromatic heterocycles. The summed E-state index contributed by atoms with van der Waals surface area (Å²) in [4.78, 5) is 62.3. The van der Waals surface area contributed by atoms with Crippen LogP contribution in [0.5, 0.6) is 0 Å². The molecule has 0 saturated heterocycles. The molecule has 14 nitrogen and oxygen atoms in total. The van der Waals surface area contributed by atoms with E-state index in [1.54, 1.807) is 0 Å². The number of hydrogen-bond acceptors (Lipinski definition) is 7. The van der Waals surface area contributed by atoms with Crippen LogP contribution >= 0.6 is 0 Å². The molecule has 0 aromatic rings. The second kappa shape index (κ2) is 12.9. The Morgan fingerprint density at radius 2 is 1.47 bits per heavy atom. The van der Waals surface area contributed by atoms with Crippen molar-refractivity contribution in [3.8, 4) is 0 Å². The first-order valence-electron chi connectivity index (χ1n) is 9.08. The maximum atomic E-state index is 12.3. The molecule has 12 N–H and O–H groups in total. The minimum atomic E-state index is -1.41. The van der Waals surface area contributed by atoms with Gasteiger partial charge in [0.15, 0.2) is 5.96 Å². The van der Waals surface area contributed by atoms with Gasteiger partial charge in [0.05, 0.1) is 12.5 Å². The Kier molecular flexibility index (Phi) is 11.5. The molecule has 0 radical (unpaired) electrons. The molecule has 0 aliphatic heterocycles. The molecule has 30 heavy (non-hydrogen) atoms. The van der Waals surface area contributed by atoms with E-state index >= 15 is 0 Å². The molecule has 14 heteroatoms. The number of primary amides is 1. The summed E-state index contributed by atoms with van der Waals surface area (Å²) in [5.74, 6) is -4.59. The number of carbonyl (C=O) groups is 5. The van der Waals surface area contributed by atoms with Crippen molar-refractivity contribution in [2.24, 2.45) is 27.9 Å². The van der Waals surface area contributed by atoms with Crippen LogP contribution in [0.25, 0.3) is 0 Å². The van der Waals surface area contributed by atoms with E-state index in [9.17, 15) is 24.0 Å². The van der Waals surface area contributed by atoms with Gasteiger partial charge in [-0.25, -0.2) is 0 Å². The van der Waals surface area contributed by atoms with E-state index in [2.05, 4.69) is 20.9 Å². The average Bonchev–Trinajstić information content (AvgIpc) is 2.63. The van der Waals surface area contributed by atoms with Crippen molar-refractivity contribution < 1.29 is 29.1 Å². The Labute approximate surface area is 173 Å². The van der Waals surface area contributed by atoms with E-state index in [1.165, 1.54) is 13.8 Å². The first-order valence-corrected chi connectivity index (χ1v) is 9.08. The summed E-state index contributed by atoms with van der Waals surface area (Å²) in [7, 11) is 0. The zero-order valence-electron chi connectivity index (χ0n) is 16.9. The maximum absolute atomic E-state index is 12.3. The molecular weight excluding hydrogens is 400 g/mol. The summed E-state index contributed by atoms with van der Waals surface area (Å²) in [6.45, 7) is 2.84. The number of guanidine groups is 1. The van der Waals surface area contributed by atoms with Gasteiger partial charge in [-0.2, -0.15) is 0 Å². The van der Waals surface area contributed by atoms with Crippen molar-refractivity contribution in [1.82, 2.24) is 16.0 Å². The lowest BCUT2D eigenvalue weighted by Gasteiger charge is -2.22. The molecule has 0 spiro atoms. The van der Waals surface area contributed by atoms with Crippen molar-refractivity contribution >= 4 is 35.6 Å². The summed E-state index contributed by atoms with van der Waals surface area (Å²) in [5.41, 5.74) is 21.2. The predicted octanol–water partition coefficient (Wildman–Crippen LogP) is -4.18. The van der Waals surface area contributed by atoms with Gasteiger partial charge in [-0.3, -0.25) is 29.0 Å². The smallest absolute Gasteiger partial charge is 0.325 e.